The number of hydrogen-bond donors (Lipinski definition) is 2. The molecule has 0 radical (unpaired) electrons. The van der Waals surface area contributed by atoms with Gasteiger partial charge in [-0.15, -0.1) is 6.58 Å². The molecule has 1 fully saturated rings. The van der Waals surface area contributed by atoms with E-state index in [0.29, 0.717) is 24.5 Å². The van der Waals surface area contributed by atoms with Gasteiger partial charge in [-0.3, -0.25) is 9.69 Å². The average molecular weight is 423 g/mol. The van der Waals surface area contributed by atoms with Gasteiger partial charge in [-0.1, -0.05) is 30.3 Å². The molecule has 1 aromatic carbocycles. The van der Waals surface area contributed by atoms with Crippen molar-refractivity contribution in [1.29, 1.82) is 0 Å². The van der Waals surface area contributed by atoms with Crippen LogP contribution in [0.3, 0.4) is 0 Å². The highest BCUT2D eigenvalue weighted by Gasteiger charge is 2.28. The van der Waals surface area contributed by atoms with Crippen LogP contribution in [0.4, 0.5) is 17.3 Å². The fourth-order valence-electron chi connectivity index (χ4n) is 4.11. The van der Waals surface area contributed by atoms with E-state index >= 15 is 0 Å². The maximum Gasteiger partial charge on any atom is 0.320 e. The van der Waals surface area contributed by atoms with Crippen LogP contribution in [0.2, 0.25) is 0 Å². The predicted octanol–water partition coefficient (Wildman–Crippen LogP) is 2.96. The highest BCUT2D eigenvalue weighted by atomic mass is 16.5. The first-order valence-corrected chi connectivity index (χ1v) is 10.8. The first-order valence-electron chi connectivity index (χ1n) is 10.8. The summed E-state index contributed by atoms with van der Waals surface area (Å²) in [5.41, 5.74) is 8.97. The maximum absolute atomic E-state index is 12.3. The van der Waals surface area contributed by atoms with E-state index in [0.717, 1.165) is 25.2 Å². The Bertz CT molecular complexity index is 957. The van der Waals surface area contributed by atoms with Crippen molar-refractivity contribution in [2.24, 2.45) is 0 Å². The van der Waals surface area contributed by atoms with Crippen molar-refractivity contribution in [2.45, 2.75) is 45.4 Å². The van der Waals surface area contributed by atoms with E-state index in [1.54, 1.807) is 6.08 Å². The molecule has 0 spiro atoms. The molecule has 0 saturated carbocycles. The van der Waals surface area contributed by atoms with Crippen LogP contribution >= 0.6 is 0 Å². The predicted molar refractivity (Wildman–Crippen MR) is 122 cm³/mol. The standard InChI is InChI=1S/C23H30N6O2/c1-3-7-16(2)31-23-26-21(24)20-22(27-23)29(15-19(30)25-20)14-18-9-6-8-17(12-18)13-28-10-4-5-11-28/h3,6,8-9,12,16H,1,4-5,7,10-11,13-15H2,2H3,(H,25,30)(H2,24,26,27). The van der Waals surface area contributed by atoms with Crippen molar-refractivity contribution in [3.05, 3.63) is 48.0 Å². The molecule has 4 rings (SSSR count). The topological polar surface area (TPSA) is 96.6 Å². The number of anilines is 3. The summed E-state index contributed by atoms with van der Waals surface area (Å²) < 4.78 is 5.80. The molecule has 1 unspecified atom stereocenters. The van der Waals surface area contributed by atoms with Crippen LogP contribution < -0.4 is 20.7 Å². The van der Waals surface area contributed by atoms with Crippen molar-refractivity contribution in [2.75, 3.05) is 35.6 Å². The Kier molecular flexibility index (Phi) is 6.36. The van der Waals surface area contributed by atoms with Gasteiger partial charge >= 0.3 is 6.01 Å². The highest BCUT2D eigenvalue weighted by Crippen LogP contribution is 2.34. The molecule has 8 heteroatoms. The number of likely N-dealkylation sites (tertiary alicyclic amines) is 1. The van der Waals surface area contributed by atoms with Gasteiger partial charge in [0.05, 0.1) is 6.54 Å². The van der Waals surface area contributed by atoms with Crippen LogP contribution in [0.5, 0.6) is 6.01 Å². The molecule has 1 aromatic heterocycles. The summed E-state index contributed by atoms with van der Waals surface area (Å²) in [6.45, 7) is 9.68. The number of ether oxygens (including phenoxy) is 1. The van der Waals surface area contributed by atoms with Crippen molar-refractivity contribution in [3.63, 3.8) is 0 Å². The van der Waals surface area contributed by atoms with E-state index < -0.39 is 0 Å². The number of nitrogens with one attached hydrogen (secondary N) is 1. The third-order valence-electron chi connectivity index (χ3n) is 5.57. The Morgan fingerprint density at radius 3 is 2.74 bits per heavy atom. The lowest BCUT2D eigenvalue weighted by Gasteiger charge is -2.30. The molecular weight excluding hydrogens is 392 g/mol. The molecule has 1 saturated heterocycles. The molecule has 2 aliphatic heterocycles. The Balaban J connectivity index is 1.56. The van der Waals surface area contributed by atoms with Crippen molar-refractivity contribution in [1.82, 2.24) is 14.9 Å². The normalized spacial score (nSPS) is 17.2. The largest absolute Gasteiger partial charge is 0.460 e. The zero-order valence-electron chi connectivity index (χ0n) is 18.0. The molecule has 8 nitrogen and oxygen atoms in total. The molecule has 31 heavy (non-hydrogen) atoms. The summed E-state index contributed by atoms with van der Waals surface area (Å²) in [4.78, 5) is 25.5. The maximum atomic E-state index is 12.3. The number of aromatic nitrogens is 2. The average Bonchev–Trinajstić information content (AvgIpc) is 3.22. The van der Waals surface area contributed by atoms with Crippen LogP contribution in [-0.4, -0.2) is 46.5 Å². The number of hydrogen-bond acceptors (Lipinski definition) is 7. The lowest BCUT2D eigenvalue weighted by molar-refractivity contribution is -0.115. The minimum atomic E-state index is -0.135. The van der Waals surface area contributed by atoms with Gasteiger partial charge in [-0.05, 0) is 44.0 Å². The monoisotopic (exact) mass is 422 g/mol. The summed E-state index contributed by atoms with van der Waals surface area (Å²) in [5, 5.41) is 2.80. The zero-order chi connectivity index (χ0) is 21.8. The fraction of sp³-hybridized carbons (Fsp3) is 0.435. The second-order valence-electron chi connectivity index (χ2n) is 8.25. The molecule has 2 aliphatic rings. The van der Waals surface area contributed by atoms with E-state index in [4.69, 9.17) is 10.5 Å². The van der Waals surface area contributed by atoms with Gasteiger partial charge in [0, 0.05) is 19.5 Å². The smallest absolute Gasteiger partial charge is 0.320 e. The lowest BCUT2D eigenvalue weighted by atomic mass is 10.1. The number of nitrogens with two attached hydrogens (primary N) is 1. The third kappa shape index (κ3) is 5.14. The number of carbonyl (C=O) groups excluding carboxylic acids is 1. The SMILES string of the molecule is C=CCC(C)Oc1nc(N)c2c(n1)N(Cc1cccc(CN3CCCC3)c1)CC(=O)N2. The van der Waals surface area contributed by atoms with E-state index in [1.165, 1.54) is 18.4 Å². The summed E-state index contributed by atoms with van der Waals surface area (Å²) in [6.07, 6.45) is 4.88. The quantitative estimate of drug-likeness (QED) is 0.631. The molecule has 3 N–H and O–H groups in total. The second-order valence-corrected chi connectivity index (χ2v) is 8.25. The third-order valence-corrected chi connectivity index (χ3v) is 5.57. The molecule has 0 aliphatic carbocycles. The fourth-order valence-corrected chi connectivity index (χ4v) is 4.11. The Morgan fingerprint density at radius 2 is 2.00 bits per heavy atom. The van der Waals surface area contributed by atoms with Crippen LogP contribution in [0.15, 0.2) is 36.9 Å². The summed E-state index contributed by atoms with van der Waals surface area (Å²) in [6, 6.07) is 8.72. The molecule has 3 heterocycles. The molecule has 2 aromatic rings. The zero-order valence-corrected chi connectivity index (χ0v) is 18.0. The molecule has 1 amide bonds. The van der Waals surface area contributed by atoms with Crippen LogP contribution in [-0.2, 0) is 17.9 Å². The van der Waals surface area contributed by atoms with E-state index in [2.05, 4.69) is 51.0 Å². The molecule has 1 atom stereocenters. The highest BCUT2D eigenvalue weighted by molar-refractivity contribution is 6.03. The number of amides is 1. The Labute approximate surface area is 183 Å². The van der Waals surface area contributed by atoms with Gasteiger partial charge < -0.3 is 20.7 Å². The minimum Gasteiger partial charge on any atom is -0.460 e. The van der Waals surface area contributed by atoms with Crippen molar-refractivity contribution < 1.29 is 9.53 Å². The van der Waals surface area contributed by atoms with Gasteiger partial charge in [0.15, 0.2) is 11.6 Å². The van der Waals surface area contributed by atoms with Crippen LogP contribution in [0, 0.1) is 0 Å². The van der Waals surface area contributed by atoms with Crippen molar-refractivity contribution in [3.8, 4) is 6.01 Å². The van der Waals surface area contributed by atoms with E-state index in [9.17, 15) is 4.79 Å². The number of carbonyl (C=O) groups is 1. The number of nitrogens with zero attached hydrogens (tertiary/aromatic N) is 4. The minimum absolute atomic E-state index is 0.121. The first kappa shape index (κ1) is 21.1. The number of fused-ring (bicyclic) bond motifs is 1. The van der Waals surface area contributed by atoms with Gasteiger partial charge in [0.2, 0.25) is 5.91 Å². The lowest BCUT2D eigenvalue weighted by Crippen LogP contribution is -2.39. The first-order chi connectivity index (χ1) is 15.0. The summed E-state index contributed by atoms with van der Waals surface area (Å²) >= 11 is 0. The summed E-state index contributed by atoms with van der Waals surface area (Å²) in [5.74, 6) is 0.647. The molecule has 0 bridgehead atoms. The van der Waals surface area contributed by atoms with Gasteiger partial charge in [0.1, 0.15) is 11.8 Å². The Hall–Kier alpha value is -3.13. The van der Waals surface area contributed by atoms with Crippen LogP contribution in [0.25, 0.3) is 0 Å². The number of rotatable bonds is 8. The van der Waals surface area contributed by atoms with Crippen molar-refractivity contribution >= 4 is 23.2 Å². The number of benzene rings is 1. The summed E-state index contributed by atoms with van der Waals surface area (Å²) in [7, 11) is 0. The molecule has 164 valence electrons. The van der Waals surface area contributed by atoms with Gasteiger partial charge in [-0.25, -0.2) is 0 Å². The van der Waals surface area contributed by atoms with Crippen LogP contribution in [0.1, 0.15) is 37.3 Å². The van der Waals surface area contributed by atoms with Gasteiger partial charge in [0.25, 0.3) is 0 Å². The second kappa shape index (κ2) is 9.34. The van der Waals surface area contributed by atoms with Gasteiger partial charge in [-0.2, -0.15) is 9.97 Å². The molecular formula is C23H30N6O2. The number of nitrogen functional groups attached to an aromatic ring is 1. The van der Waals surface area contributed by atoms with E-state index in [1.807, 2.05) is 11.8 Å². The van der Waals surface area contributed by atoms with E-state index in [-0.39, 0.29) is 30.4 Å². The Morgan fingerprint density at radius 1 is 1.26 bits per heavy atom.